The van der Waals surface area contributed by atoms with Gasteiger partial charge in [-0.2, -0.15) is 0 Å². The summed E-state index contributed by atoms with van der Waals surface area (Å²) < 4.78 is 11.2. The van der Waals surface area contributed by atoms with Gasteiger partial charge in [-0.3, -0.25) is 4.79 Å². The third kappa shape index (κ3) is 1.99. The van der Waals surface area contributed by atoms with Crippen LogP contribution in [0.4, 0.5) is 0 Å². The van der Waals surface area contributed by atoms with Gasteiger partial charge >= 0.3 is 0 Å². The lowest BCUT2D eigenvalue weighted by atomic mass is 10.2. The predicted octanol–water partition coefficient (Wildman–Crippen LogP) is 3.43. The number of fused-ring (bicyclic) bond motifs is 2. The molecule has 1 aliphatic heterocycles. The molecule has 1 heterocycles. The van der Waals surface area contributed by atoms with Crippen molar-refractivity contribution in [1.29, 1.82) is 0 Å². The Morgan fingerprint density at radius 3 is 2.70 bits per heavy atom. The molecule has 0 saturated heterocycles. The molecule has 20 heavy (non-hydrogen) atoms. The van der Waals surface area contributed by atoms with E-state index in [2.05, 4.69) is 4.98 Å². The predicted molar refractivity (Wildman–Crippen MR) is 80.6 cm³/mol. The maximum Gasteiger partial charge on any atom is 0.223 e. The lowest BCUT2D eigenvalue weighted by Crippen LogP contribution is -2.07. The monoisotopic (exact) mass is 307 g/mol. The zero-order valence-electron chi connectivity index (χ0n) is 10.8. The average Bonchev–Trinajstić information content (AvgIpc) is 2.45. The van der Waals surface area contributed by atoms with Gasteiger partial charge in [-0.05, 0) is 18.2 Å². The van der Waals surface area contributed by atoms with E-state index in [1.807, 2.05) is 18.2 Å². The second-order valence-electron chi connectivity index (χ2n) is 4.12. The number of nitrogens with zero attached hydrogens (tertiary/aromatic N) is 1. The van der Waals surface area contributed by atoms with E-state index in [4.69, 9.17) is 21.1 Å². The van der Waals surface area contributed by atoms with Crippen molar-refractivity contribution in [3.63, 3.8) is 0 Å². The molecule has 0 radical (unpaired) electrons. The molecule has 0 fully saturated rings. The van der Waals surface area contributed by atoms with Crippen molar-refractivity contribution in [1.82, 2.24) is 4.98 Å². The van der Waals surface area contributed by atoms with Crippen LogP contribution in [0, 0.1) is 0 Å². The Morgan fingerprint density at radius 1 is 1.20 bits per heavy atom. The van der Waals surface area contributed by atoms with Gasteiger partial charge in [0.05, 0.1) is 29.3 Å². The second kappa shape index (κ2) is 4.92. The van der Waals surface area contributed by atoms with E-state index in [-0.39, 0.29) is 16.2 Å². The maximum atomic E-state index is 11.9. The lowest BCUT2D eigenvalue weighted by Gasteiger charge is -2.11. The second-order valence-corrected chi connectivity index (χ2v) is 5.58. The van der Waals surface area contributed by atoms with Crippen LogP contribution in [0.5, 0.6) is 11.5 Å². The molecule has 0 spiro atoms. The van der Waals surface area contributed by atoms with Crippen LogP contribution in [-0.2, 0) is 0 Å². The highest BCUT2D eigenvalue weighted by Crippen LogP contribution is 2.38. The Labute approximate surface area is 123 Å². The van der Waals surface area contributed by atoms with E-state index in [1.165, 1.54) is 24.5 Å². The highest BCUT2D eigenvalue weighted by molar-refractivity contribution is 7.21. The molecule has 102 valence electrons. The quantitative estimate of drug-likeness (QED) is 0.681. The van der Waals surface area contributed by atoms with Gasteiger partial charge in [0.1, 0.15) is 16.5 Å². The van der Waals surface area contributed by atoms with Crippen LogP contribution in [0.25, 0.3) is 20.8 Å². The Hall–Kier alpha value is -1.85. The molecule has 0 atom stereocenters. The summed E-state index contributed by atoms with van der Waals surface area (Å²) in [6.45, 7) is 0. The average molecular weight is 308 g/mol. The first-order chi connectivity index (χ1) is 9.63. The first-order valence-electron chi connectivity index (χ1n) is 5.79. The molecule has 1 aromatic carbocycles. The van der Waals surface area contributed by atoms with Crippen LogP contribution in [0.1, 0.15) is 0 Å². The van der Waals surface area contributed by atoms with E-state index < -0.39 is 0 Å². The minimum atomic E-state index is -0.245. The number of halogens is 1. The van der Waals surface area contributed by atoms with Gasteiger partial charge in [0.25, 0.3) is 0 Å². The van der Waals surface area contributed by atoms with Crippen LogP contribution in [0.2, 0.25) is 5.02 Å². The van der Waals surface area contributed by atoms with Gasteiger partial charge in [-0.1, -0.05) is 11.6 Å². The van der Waals surface area contributed by atoms with Crippen molar-refractivity contribution >= 4 is 33.2 Å². The highest BCUT2D eigenvalue weighted by Gasteiger charge is 2.18. The van der Waals surface area contributed by atoms with Crippen molar-refractivity contribution < 1.29 is 9.47 Å². The van der Waals surface area contributed by atoms with Crippen molar-refractivity contribution in [2.75, 3.05) is 14.2 Å². The molecule has 1 aliphatic carbocycles. The number of rotatable bonds is 2. The fraction of sp³-hybridized carbons (Fsp3) is 0.143. The van der Waals surface area contributed by atoms with Gasteiger partial charge in [-0.15, -0.1) is 11.3 Å². The smallest absolute Gasteiger partial charge is 0.223 e. The van der Waals surface area contributed by atoms with E-state index in [0.29, 0.717) is 5.69 Å². The number of hydrogen-bond donors (Lipinski definition) is 0. The first-order valence-corrected chi connectivity index (χ1v) is 6.98. The topological polar surface area (TPSA) is 48.4 Å². The number of benzene rings is 2. The van der Waals surface area contributed by atoms with Crippen LogP contribution in [-0.4, -0.2) is 19.2 Å². The molecule has 2 aliphatic rings. The van der Waals surface area contributed by atoms with E-state index in [1.54, 1.807) is 7.11 Å². The Balaban J connectivity index is 2.39. The molecule has 0 bridgehead atoms. The molecule has 3 rings (SSSR count). The summed E-state index contributed by atoms with van der Waals surface area (Å²) in [7, 11) is 3.03. The SMILES string of the molecule is COc1ccc2nc3c(Cl)c(OC)c(=O)cc-3sc2c1. The molecule has 0 aromatic heterocycles. The number of ether oxygens (including phenoxy) is 2. The normalized spacial score (nSPS) is 10.9. The third-order valence-electron chi connectivity index (χ3n) is 2.95. The summed E-state index contributed by atoms with van der Waals surface area (Å²) in [5.74, 6) is 0.878. The van der Waals surface area contributed by atoms with Crippen LogP contribution < -0.4 is 14.9 Å². The fourth-order valence-corrected chi connectivity index (χ4v) is 3.39. The standard InChI is InChI=1S/C14H10ClNO3S/c1-18-7-3-4-8-10(5-7)20-11-6-9(17)14(19-2)12(15)13(11)16-8/h3-6H,1-2H3. The third-order valence-corrected chi connectivity index (χ3v) is 4.38. The molecule has 1 aromatic rings. The molecule has 0 N–H and O–H groups in total. The summed E-state index contributed by atoms with van der Waals surface area (Å²) in [6, 6.07) is 7.07. The van der Waals surface area contributed by atoms with E-state index >= 15 is 0 Å². The summed E-state index contributed by atoms with van der Waals surface area (Å²) in [5.41, 5.74) is 1.13. The molecule has 4 nitrogen and oxygen atoms in total. The van der Waals surface area contributed by atoms with Gasteiger partial charge in [0.2, 0.25) is 5.43 Å². The molecular formula is C14H10ClNO3S. The summed E-state index contributed by atoms with van der Waals surface area (Å²) in [5, 5.41) is 0.254. The van der Waals surface area contributed by atoms with Crippen molar-refractivity contribution in [2.24, 2.45) is 0 Å². The number of methoxy groups -OCH3 is 2. The zero-order valence-corrected chi connectivity index (χ0v) is 12.3. The maximum absolute atomic E-state index is 11.9. The summed E-state index contributed by atoms with van der Waals surface area (Å²) in [6.07, 6.45) is 0. The molecule has 6 heteroatoms. The minimum absolute atomic E-state index is 0.131. The summed E-state index contributed by atoms with van der Waals surface area (Å²) >= 11 is 7.65. The van der Waals surface area contributed by atoms with Gasteiger partial charge in [0.15, 0.2) is 5.75 Å². The van der Waals surface area contributed by atoms with Crippen LogP contribution >= 0.6 is 22.9 Å². The molecular weight excluding hydrogens is 298 g/mol. The van der Waals surface area contributed by atoms with Gasteiger partial charge in [-0.25, -0.2) is 4.98 Å². The fourth-order valence-electron chi connectivity index (χ4n) is 1.98. The van der Waals surface area contributed by atoms with Gasteiger partial charge < -0.3 is 9.47 Å². The first kappa shape index (κ1) is 13.1. The number of aromatic nitrogens is 1. The van der Waals surface area contributed by atoms with Crippen LogP contribution in [0.3, 0.4) is 0 Å². The number of hydrogen-bond acceptors (Lipinski definition) is 5. The molecule has 0 unspecified atom stereocenters. The molecule has 0 amide bonds. The largest absolute Gasteiger partial charge is 0.497 e. The van der Waals surface area contributed by atoms with E-state index in [9.17, 15) is 4.79 Å². The van der Waals surface area contributed by atoms with Gasteiger partial charge in [0, 0.05) is 6.07 Å². The van der Waals surface area contributed by atoms with Crippen molar-refractivity contribution in [3.05, 3.63) is 39.5 Å². The highest BCUT2D eigenvalue weighted by atomic mass is 35.5. The van der Waals surface area contributed by atoms with Crippen molar-refractivity contribution in [3.8, 4) is 22.1 Å². The Bertz CT molecular complexity index is 831. The zero-order chi connectivity index (χ0) is 14.3. The van der Waals surface area contributed by atoms with Crippen molar-refractivity contribution in [2.45, 2.75) is 0 Å². The Morgan fingerprint density at radius 2 is 2.00 bits per heavy atom. The lowest BCUT2D eigenvalue weighted by molar-refractivity contribution is 0.411. The Kier molecular flexibility index (Phi) is 3.23. The molecule has 0 saturated carbocycles. The minimum Gasteiger partial charge on any atom is -0.497 e. The summed E-state index contributed by atoms with van der Waals surface area (Å²) in [4.78, 5) is 17.1. The van der Waals surface area contributed by atoms with Crippen LogP contribution in [0.15, 0.2) is 29.1 Å². The van der Waals surface area contributed by atoms with E-state index in [0.717, 1.165) is 20.8 Å².